The van der Waals surface area contributed by atoms with Crippen molar-refractivity contribution in [1.82, 2.24) is 14.8 Å². The van der Waals surface area contributed by atoms with Gasteiger partial charge in [0.1, 0.15) is 18.5 Å². The van der Waals surface area contributed by atoms with E-state index in [2.05, 4.69) is 10.1 Å². The number of benzene rings is 1. The van der Waals surface area contributed by atoms with E-state index in [4.69, 9.17) is 0 Å². The van der Waals surface area contributed by atoms with Crippen molar-refractivity contribution in [2.45, 2.75) is 19.4 Å². The van der Waals surface area contributed by atoms with E-state index in [1.165, 1.54) is 12.4 Å². The molecule has 0 atom stereocenters. The lowest BCUT2D eigenvalue weighted by Gasteiger charge is -2.01. The molecule has 2 rings (SSSR count). The van der Waals surface area contributed by atoms with Crippen molar-refractivity contribution in [2.75, 3.05) is 0 Å². The molecule has 0 amide bonds. The second-order valence-corrected chi connectivity index (χ2v) is 3.39. The topological polar surface area (TPSA) is 30.7 Å². The molecule has 0 saturated heterocycles. The fraction of sp³-hybridized carbons (Fsp3) is 0.273. The molecule has 0 radical (unpaired) electrons. The van der Waals surface area contributed by atoms with Gasteiger partial charge in [-0.05, 0) is 30.5 Å². The molecule has 0 N–H and O–H groups in total. The molecule has 15 heavy (non-hydrogen) atoms. The van der Waals surface area contributed by atoms with Gasteiger partial charge in [-0.15, -0.1) is 0 Å². The van der Waals surface area contributed by atoms with E-state index in [0.29, 0.717) is 0 Å². The summed E-state index contributed by atoms with van der Waals surface area (Å²) >= 11 is 0. The molecule has 0 spiro atoms. The Morgan fingerprint density at radius 2 is 2.27 bits per heavy atom. The fourth-order valence-corrected chi connectivity index (χ4v) is 1.49. The molecule has 0 bridgehead atoms. The first-order chi connectivity index (χ1) is 7.34. The first-order valence-electron chi connectivity index (χ1n) is 4.91. The highest BCUT2D eigenvalue weighted by molar-refractivity contribution is 5.16. The quantitative estimate of drug-likeness (QED) is 0.764. The molecule has 1 aromatic heterocycles. The molecule has 3 nitrogen and oxygen atoms in total. The predicted molar refractivity (Wildman–Crippen MR) is 54.7 cm³/mol. The summed E-state index contributed by atoms with van der Waals surface area (Å²) in [7, 11) is 0. The van der Waals surface area contributed by atoms with Crippen molar-refractivity contribution in [1.29, 1.82) is 0 Å². The first kappa shape index (κ1) is 9.83. The summed E-state index contributed by atoms with van der Waals surface area (Å²) in [5.41, 5.74) is 1.02. The van der Waals surface area contributed by atoms with Crippen LogP contribution in [0, 0.1) is 5.82 Å². The van der Waals surface area contributed by atoms with Crippen LogP contribution in [0.3, 0.4) is 0 Å². The van der Waals surface area contributed by atoms with Gasteiger partial charge in [-0.3, -0.25) is 4.68 Å². The van der Waals surface area contributed by atoms with Gasteiger partial charge in [0.05, 0.1) is 0 Å². The normalized spacial score (nSPS) is 10.5. The minimum atomic E-state index is -0.173. The van der Waals surface area contributed by atoms with Crippen LogP contribution in [0.5, 0.6) is 0 Å². The Labute approximate surface area is 87.6 Å². The molecule has 0 aliphatic rings. The van der Waals surface area contributed by atoms with E-state index < -0.39 is 0 Å². The molecule has 2 aromatic rings. The molecule has 0 aliphatic carbocycles. The molecule has 1 heterocycles. The van der Waals surface area contributed by atoms with Gasteiger partial charge >= 0.3 is 0 Å². The van der Waals surface area contributed by atoms with Gasteiger partial charge in [-0.25, -0.2) is 9.37 Å². The molecule has 0 fully saturated rings. The fourth-order valence-electron chi connectivity index (χ4n) is 1.49. The van der Waals surface area contributed by atoms with E-state index in [-0.39, 0.29) is 5.82 Å². The Morgan fingerprint density at radius 1 is 1.33 bits per heavy atom. The SMILES string of the molecule is Fc1cccc(CCCn2cncn2)c1. The summed E-state index contributed by atoms with van der Waals surface area (Å²) in [5, 5.41) is 4.00. The summed E-state index contributed by atoms with van der Waals surface area (Å²) < 4.78 is 14.6. The standard InChI is InChI=1S/C11H12FN3/c12-11-5-1-3-10(7-11)4-2-6-15-9-13-8-14-15/h1,3,5,7-9H,2,4,6H2. The maximum Gasteiger partial charge on any atom is 0.137 e. The number of hydrogen-bond donors (Lipinski definition) is 0. The van der Waals surface area contributed by atoms with Gasteiger partial charge in [-0.1, -0.05) is 12.1 Å². The average Bonchev–Trinajstić information content (AvgIpc) is 2.71. The lowest BCUT2D eigenvalue weighted by atomic mass is 10.1. The zero-order valence-corrected chi connectivity index (χ0v) is 8.31. The maximum absolute atomic E-state index is 12.8. The largest absolute Gasteiger partial charge is 0.253 e. The summed E-state index contributed by atoms with van der Waals surface area (Å²) in [4.78, 5) is 3.85. The van der Waals surface area contributed by atoms with E-state index in [1.54, 1.807) is 23.1 Å². The van der Waals surface area contributed by atoms with Crippen LogP contribution in [0.2, 0.25) is 0 Å². The van der Waals surface area contributed by atoms with Crippen molar-refractivity contribution < 1.29 is 4.39 Å². The van der Waals surface area contributed by atoms with Crippen molar-refractivity contribution in [2.24, 2.45) is 0 Å². The third-order valence-corrected chi connectivity index (χ3v) is 2.21. The first-order valence-corrected chi connectivity index (χ1v) is 4.91. The second kappa shape index (κ2) is 4.68. The summed E-state index contributed by atoms with van der Waals surface area (Å²) in [5.74, 6) is -0.173. The molecule has 78 valence electrons. The monoisotopic (exact) mass is 205 g/mol. The summed E-state index contributed by atoms with van der Waals surface area (Å²) in [6.45, 7) is 0.816. The van der Waals surface area contributed by atoms with Gasteiger partial charge in [0.15, 0.2) is 0 Å². The Balaban J connectivity index is 1.83. The van der Waals surface area contributed by atoms with Gasteiger partial charge in [0.2, 0.25) is 0 Å². The lowest BCUT2D eigenvalue weighted by molar-refractivity contribution is 0.574. The molecule has 0 saturated carbocycles. The average molecular weight is 205 g/mol. The van der Waals surface area contributed by atoms with Crippen LogP contribution in [0.4, 0.5) is 4.39 Å². The zero-order valence-electron chi connectivity index (χ0n) is 8.31. The van der Waals surface area contributed by atoms with Gasteiger partial charge < -0.3 is 0 Å². The molecular weight excluding hydrogens is 193 g/mol. The van der Waals surface area contributed by atoms with Crippen molar-refractivity contribution >= 4 is 0 Å². The second-order valence-electron chi connectivity index (χ2n) is 3.39. The van der Waals surface area contributed by atoms with E-state index in [9.17, 15) is 4.39 Å². The summed E-state index contributed by atoms with van der Waals surface area (Å²) in [6, 6.07) is 6.70. The van der Waals surface area contributed by atoms with E-state index >= 15 is 0 Å². The minimum Gasteiger partial charge on any atom is -0.253 e. The Bertz CT molecular complexity index is 412. The smallest absolute Gasteiger partial charge is 0.137 e. The molecular formula is C11H12FN3. The van der Waals surface area contributed by atoms with Gasteiger partial charge in [0.25, 0.3) is 0 Å². The summed E-state index contributed by atoms with van der Waals surface area (Å²) in [6.07, 6.45) is 5.00. The number of rotatable bonds is 4. The lowest BCUT2D eigenvalue weighted by Crippen LogP contribution is -1.99. The zero-order chi connectivity index (χ0) is 10.5. The number of hydrogen-bond acceptors (Lipinski definition) is 2. The predicted octanol–water partition coefficient (Wildman–Crippen LogP) is 2.05. The molecule has 1 aromatic carbocycles. The van der Waals surface area contributed by atoms with Gasteiger partial charge in [-0.2, -0.15) is 5.10 Å². The van der Waals surface area contributed by atoms with Crippen LogP contribution >= 0.6 is 0 Å². The van der Waals surface area contributed by atoms with Crippen molar-refractivity contribution in [3.05, 3.63) is 48.3 Å². The molecule has 4 heteroatoms. The molecule has 0 unspecified atom stereocenters. The highest BCUT2D eigenvalue weighted by Crippen LogP contribution is 2.06. The maximum atomic E-state index is 12.8. The van der Waals surface area contributed by atoms with Crippen LogP contribution in [0.1, 0.15) is 12.0 Å². The van der Waals surface area contributed by atoms with Crippen LogP contribution in [-0.4, -0.2) is 14.8 Å². The highest BCUT2D eigenvalue weighted by atomic mass is 19.1. The van der Waals surface area contributed by atoms with Crippen molar-refractivity contribution in [3.8, 4) is 0 Å². The Kier molecular flexibility index (Phi) is 3.07. The van der Waals surface area contributed by atoms with Crippen LogP contribution < -0.4 is 0 Å². The third kappa shape index (κ3) is 2.87. The number of nitrogens with zero attached hydrogens (tertiary/aromatic N) is 3. The Morgan fingerprint density at radius 3 is 3.00 bits per heavy atom. The molecule has 0 aliphatic heterocycles. The Hall–Kier alpha value is -1.71. The minimum absolute atomic E-state index is 0.173. The van der Waals surface area contributed by atoms with Crippen molar-refractivity contribution in [3.63, 3.8) is 0 Å². The number of aryl methyl sites for hydroxylation is 2. The van der Waals surface area contributed by atoms with E-state index in [0.717, 1.165) is 24.9 Å². The van der Waals surface area contributed by atoms with Crippen LogP contribution in [0.25, 0.3) is 0 Å². The van der Waals surface area contributed by atoms with Crippen LogP contribution in [0.15, 0.2) is 36.9 Å². The van der Waals surface area contributed by atoms with E-state index in [1.807, 2.05) is 6.07 Å². The highest BCUT2D eigenvalue weighted by Gasteiger charge is 1.96. The van der Waals surface area contributed by atoms with Crippen LogP contribution in [-0.2, 0) is 13.0 Å². The number of aromatic nitrogens is 3. The third-order valence-electron chi connectivity index (χ3n) is 2.21. The number of halogens is 1. The van der Waals surface area contributed by atoms with Gasteiger partial charge in [0, 0.05) is 6.54 Å².